The van der Waals surface area contributed by atoms with E-state index in [9.17, 15) is 4.79 Å². The number of rotatable bonds is 4. The van der Waals surface area contributed by atoms with Crippen molar-refractivity contribution in [3.05, 3.63) is 34.7 Å². The molecular weight excluding hydrogens is 346 g/mol. The summed E-state index contributed by atoms with van der Waals surface area (Å²) in [5.41, 5.74) is 4.44. The number of carbonyl (C=O) groups excluding carboxylic acids is 1. The molecule has 1 aromatic heterocycles. The van der Waals surface area contributed by atoms with Crippen LogP contribution < -0.4 is 10.6 Å². The first kappa shape index (κ1) is 18.9. The highest BCUT2D eigenvalue weighted by atomic mass is 35.5. The number of halogens is 1. The Morgan fingerprint density at radius 1 is 1.46 bits per heavy atom. The van der Waals surface area contributed by atoms with E-state index in [0.717, 1.165) is 17.8 Å². The summed E-state index contributed by atoms with van der Waals surface area (Å²) < 4.78 is 5.36. The van der Waals surface area contributed by atoms with Crippen molar-refractivity contribution in [1.82, 2.24) is 10.3 Å². The summed E-state index contributed by atoms with van der Waals surface area (Å²) in [7, 11) is 0. The van der Waals surface area contributed by atoms with Crippen LogP contribution in [0.15, 0.2) is 23.6 Å². The van der Waals surface area contributed by atoms with Gasteiger partial charge in [0.2, 0.25) is 5.91 Å². The zero-order valence-corrected chi connectivity index (χ0v) is 15.4. The molecule has 7 heteroatoms. The molecule has 130 valence electrons. The third-order valence-corrected chi connectivity index (χ3v) is 4.60. The topological polar surface area (TPSA) is 63.2 Å². The molecular formula is C17H22ClN3O2S. The van der Waals surface area contributed by atoms with Crippen molar-refractivity contribution in [2.45, 2.75) is 26.3 Å². The zero-order valence-electron chi connectivity index (χ0n) is 13.8. The lowest BCUT2D eigenvalue weighted by Gasteiger charge is -2.22. The summed E-state index contributed by atoms with van der Waals surface area (Å²) in [5, 5.41) is 8.78. The normalized spacial score (nSPS) is 17.2. The summed E-state index contributed by atoms with van der Waals surface area (Å²) in [6.45, 7) is 6.25. The maximum absolute atomic E-state index is 12.1. The van der Waals surface area contributed by atoms with Gasteiger partial charge in [0.25, 0.3) is 0 Å². The molecule has 24 heavy (non-hydrogen) atoms. The number of morpholine rings is 1. The Morgan fingerprint density at radius 3 is 3.00 bits per heavy atom. The van der Waals surface area contributed by atoms with E-state index >= 15 is 0 Å². The highest BCUT2D eigenvalue weighted by Gasteiger charge is 2.18. The molecule has 1 fully saturated rings. The van der Waals surface area contributed by atoms with Crippen molar-refractivity contribution in [2.24, 2.45) is 0 Å². The van der Waals surface area contributed by atoms with Crippen LogP contribution in [0.2, 0.25) is 0 Å². The molecule has 1 saturated heterocycles. The minimum atomic E-state index is -0.0328. The minimum absolute atomic E-state index is 0. The Balaban J connectivity index is 0.00000208. The molecule has 0 spiro atoms. The number of amides is 1. The second-order valence-electron chi connectivity index (χ2n) is 5.83. The summed E-state index contributed by atoms with van der Waals surface area (Å²) in [4.78, 5) is 16.6. The number of hydrogen-bond donors (Lipinski definition) is 2. The van der Waals surface area contributed by atoms with Gasteiger partial charge in [0.15, 0.2) is 5.13 Å². The van der Waals surface area contributed by atoms with Gasteiger partial charge in [-0.15, -0.1) is 23.7 Å². The maximum Gasteiger partial charge on any atom is 0.227 e. The van der Waals surface area contributed by atoms with Crippen molar-refractivity contribution in [1.29, 1.82) is 0 Å². The second-order valence-corrected chi connectivity index (χ2v) is 6.69. The first-order valence-corrected chi connectivity index (χ1v) is 8.64. The van der Waals surface area contributed by atoms with Crippen LogP contribution in [0.4, 0.5) is 5.13 Å². The molecule has 2 N–H and O–H groups in total. The molecule has 0 aliphatic carbocycles. The number of hydrogen-bond acceptors (Lipinski definition) is 5. The van der Waals surface area contributed by atoms with Crippen molar-refractivity contribution in [2.75, 3.05) is 25.1 Å². The third-order valence-electron chi connectivity index (χ3n) is 3.84. The average Bonchev–Trinajstić information content (AvgIpc) is 2.96. The van der Waals surface area contributed by atoms with Gasteiger partial charge in [0.1, 0.15) is 0 Å². The number of nitrogens with zero attached hydrogens (tertiary/aromatic N) is 1. The fourth-order valence-corrected chi connectivity index (χ4v) is 3.43. The molecule has 0 radical (unpaired) electrons. The lowest BCUT2D eigenvalue weighted by atomic mass is 10.0. The van der Waals surface area contributed by atoms with Crippen LogP contribution >= 0.6 is 23.7 Å². The van der Waals surface area contributed by atoms with E-state index in [1.54, 1.807) is 0 Å². The van der Waals surface area contributed by atoms with E-state index < -0.39 is 0 Å². The van der Waals surface area contributed by atoms with Gasteiger partial charge in [0.05, 0.1) is 18.9 Å². The van der Waals surface area contributed by atoms with E-state index in [1.807, 2.05) is 5.38 Å². The fraction of sp³-hybridized carbons (Fsp3) is 0.412. The molecule has 0 saturated carbocycles. The SMILES string of the molecule is Cc1ccc(-c2csc(NC(=O)CC3COCCN3)n2)c(C)c1.Cl. The molecule has 5 nitrogen and oxygen atoms in total. The number of ether oxygens (including phenoxy) is 1. The summed E-state index contributed by atoms with van der Waals surface area (Å²) in [5.74, 6) is -0.0328. The highest BCUT2D eigenvalue weighted by Crippen LogP contribution is 2.28. The van der Waals surface area contributed by atoms with E-state index in [1.165, 1.54) is 22.5 Å². The van der Waals surface area contributed by atoms with Crippen molar-refractivity contribution < 1.29 is 9.53 Å². The van der Waals surface area contributed by atoms with Gasteiger partial charge in [-0.3, -0.25) is 4.79 Å². The Labute approximate surface area is 152 Å². The van der Waals surface area contributed by atoms with Gasteiger partial charge in [0, 0.05) is 30.0 Å². The van der Waals surface area contributed by atoms with Gasteiger partial charge in [-0.1, -0.05) is 23.8 Å². The number of aryl methyl sites for hydroxylation is 2. The van der Waals surface area contributed by atoms with E-state index in [4.69, 9.17) is 4.74 Å². The van der Waals surface area contributed by atoms with Gasteiger partial charge >= 0.3 is 0 Å². The Hall–Kier alpha value is -1.47. The monoisotopic (exact) mass is 367 g/mol. The number of thiazole rings is 1. The van der Waals surface area contributed by atoms with E-state index in [0.29, 0.717) is 24.8 Å². The number of nitrogens with one attached hydrogen (secondary N) is 2. The van der Waals surface area contributed by atoms with E-state index in [2.05, 4.69) is 47.7 Å². The lowest BCUT2D eigenvalue weighted by Crippen LogP contribution is -2.43. The molecule has 1 aromatic carbocycles. The molecule has 2 aromatic rings. The number of anilines is 1. The Bertz CT molecular complexity index is 699. The molecule has 0 bridgehead atoms. The summed E-state index contributed by atoms with van der Waals surface area (Å²) in [6.07, 6.45) is 0.401. The first-order valence-electron chi connectivity index (χ1n) is 7.76. The fourth-order valence-electron chi connectivity index (χ4n) is 2.70. The van der Waals surface area contributed by atoms with Gasteiger partial charge < -0.3 is 15.4 Å². The molecule has 3 rings (SSSR count). The van der Waals surface area contributed by atoms with Crippen LogP contribution in [-0.2, 0) is 9.53 Å². The van der Waals surface area contributed by atoms with Crippen LogP contribution in [0.1, 0.15) is 17.5 Å². The molecule has 1 amide bonds. The predicted octanol–water partition coefficient (Wildman–Crippen LogP) is 3.17. The lowest BCUT2D eigenvalue weighted by molar-refractivity contribution is -0.117. The number of carbonyl (C=O) groups is 1. The van der Waals surface area contributed by atoms with Crippen LogP contribution in [-0.4, -0.2) is 36.7 Å². The molecule has 1 aliphatic rings. The second kappa shape index (κ2) is 8.58. The standard InChI is InChI=1S/C17H21N3O2S.ClH/c1-11-3-4-14(12(2)7-11)15-10-23-17(19-15)20-16(21)8-13-9-22-6-5-18-13;/h3-4,7,10,13,18H,5-6,8-9H2,1-2H3,(H,19,20,21);1H. The van der Waals surface area contributed by atoms with Crippen LogP contribution in [0.5, 0.6) is 0 Å². The summed E-state index contributed by atoms with van der Waals surface area (Å²) >= 11 is 1.45. The highest BCUT2D eigenvalue weighted by molar-refractivity contribution is 7.14. The van der Waals surface area contributed by atoms with Gasteiger partial charge in [-0.2, -0.15) is 0 Å². The zero-order chi connectivity index (χ0) is 16.2. The smallest absolute Gasteiger partial charge is 0.227 e. The molecule has 1 atom stereocenters. The van der Waals surface area contributed by atoms with Crippen molar-refractivity contribution in [3.8, 4) is 11.3 Å². The van der Waals surface area contributed by atoms with Gasteiger partial charge in [-0.25, -0.2) is 4.98 Å². The van der Waals surface area contributed by atoms with Crippen molar-refractivity contribution >= 4 is 34.8 Å². The Kier molecular flexibility index (Phi) is 6.74. The molecule has 1 unspecified atom stereocenters. The maximum atomic E-state index is 12.1. The largest absolute Gasteiger partial charge is 0.378 e. The van der Waals surface area contributed by atoms with Crippen LogP contribution in [0, 0.1) is 13.8 Å². The average molecular weight is 368 g/mol. The number of aromatic nitrogens is 1. The quantitative estimate of drug-likeness (QED) is 0.871. The van der Waals surface area contributed by atoms with Gasteiger partial charge in [-0.05, 0) is 19.4 Å². The first-order chi connectivity index (χ1) is 11.1. The minimum Gasteiger partial charge on any atom is -0.378 e. The number of benzene rings is 1. The predicted molar refractivity (Wildman–Crippen MR) is 100 cm³/mol. The molecule has 1 aliphatic heterocycles. The van der Waals surface area contributed by atoms with E-state index in [-0.39, 0.29) is 24.4 Å². The summed E-state index contributed by atoms with van der Waals surface area (Å²) in [6, 6.07) is 6.38. The molecule has 2 heterocycles. The Morgan fingerprint density at radius 2 is 2.29 bits per heavy atom. The van der Waals surface area contributed by atoms with Crippen molar-refractivity contribution in [3.63, 3.8) is 0 Å². The van der Waals surface area contributed by atoms with Crippen LogP contribution in [0.3, 0.4) is 0 Å². The van der Waals surface area contributed by atoms with Crippen LogP contribution in [0.25, 0.3) is 11.3 Å². The third kappa shape index (κ3) is 4.77.